The quantitative estimate of drug-likeness (QED) is 0.707. The van der Waals surface area contributed by atoms with Crippen molar-refractivity contribution < 1.29 is 0 Å². The second-order valence-electron chi connectivity index (χ2n) is 2.21. The highest BCUT2D eigenvalue weighted by Gasteiger charge is 1.98. The molecule has 1 aromatic heterocycles. The van der Waals surface area contributed by atoms with Gasteiger partial charge in [0.05, 0.1) is 12.5 Å². The van der Waals surface area contributed by atoms with Crippen molar-refractivity contribution in [2.45, 2.75) is 27.2 Å². The topological polar surface area (TPSA) is 36.7 Å². The molecule has 70 valence electrons. The van der Waals surface area contributed by atoms with Crippen LogP contribution in [0, 0.1) is 18.3 Å². The number of hydrogen-bond donors (Lipinski definition) is 0. The largest absolute Gasteiger partial charge is 0.246 e. The fourth-order valence-corrected chi connectivity index (χ4v) is 1.23. The molecular formula is C10H13BrN2. The van der Waals surface area contributed by atoms with E-state index in [0.29, 0.717) is 6.42 Å². The Balaban J connectivity index is 0.000000671. The minimum absolute atomic E-state index is 0.437. The number of hydrogen-bond acceptors (Lipinski definition) is 2. The molecule has 0 N–H and O–H groups in total. The molecule has 1 aromatic rings. The molecule has 0 fully saturated rings. The van der Waals surface area contributed by atoms with Crippen molar-refractivity contribution in [1.29, 1.82) is 5.26 Å². The van der Waals surface area contributed by atoms with Gasteiger partial charge in [-0.1, -0.05) is 19.9 Å². The Morgan fingerprint density at radius 3 is 2.54 bits per heavy atom. The third kappa shape index (κ3) is 4.05. The van der Waals surface area contributed by atoms with E-state index in [4.69, 9.17) is 5.26 Å². The van der Waals surface area contributed by atoms with E-state index >= 15 is 0 Å². The van der Waals surface area contributed by atoms with Crippen LogP contribution in [0.25, 0.3) is 0 Å². The van der Waals surface area contributed by atoms with E-state index < -0.39 is 0 Å². The summed E-state index contributed by atoms with van der Waals surface area (Å²) in [6.45, 7) is 5.90. The number of rotatable bonds is 1. The Bertz CT molecular complexity index is 302. The Morgan fingerprint density at radius 1 is 1.46 bits per heavy atom. The summed E-state index contributed by atoms with van der Waals surface area (Å²) in [5.74, 6) is 0. The van der Waals surface area contributed by atoms with Crippen LogP contribution in [-0.2, 0) is 6.42 Å². The zero-order valence-corrected chi connectivity index (χ0v) is 9.72. The summed E-state index contributed by atoms with van der Waals surface area (Å²) in [7, 11) is 0. The van der Waals surface area contributed by atoms with Crippen molar-refractivity contribution in [3.8, 4) is 6.07 Å². The van der Waals surface area contributed by atoms with Crippen LogP contribution in [0.2, 0.25) is 0 Å². The lowest BCUT2D eigenvalue weighted by Crippen LogP contribution is -1.90. The summed E-state index contributed by atoms with van der Waals surface area (Å²) < 4.78 is 0.816. The summed E-state index contributed by atoms with van der Waals surface area (Å²) in [6.07, 6.45) is 0.437. The highest BCUT2D eigenvalue weighted by Crippen LogP contribution is 2.11. The Labute approximate surface area is 87.7 Å². The third-order valence-corrected chi connectivity index (χ3v) is 1.87. The van der Waals surface area contributed by atoms with E-state index in [2.05, 4.69) is 27.0 Å². The number of aryl methyl sites for hydroxylation is 1. The van der Waals surface area contributed by atoms with E-state index in [1.807, 2.05) is 32.9 Å². The van der Waals surface area contributed by atoms with Gasteiger partial charge in [-0.3, -0.25) is 0 Å². The molecule has 0 atom stereocenters. The number of halogens is 1. The third-order valence-electron chi connectivity index (χ3n) is 1.43. The van der Waals surface area contributed by atoms with Crippen molar-refractivity contribution in [2.75, 3.05) is 0 Å². The first-order valence-corrected chi connectivity index (χ1v) is 5.02. The lowest BCUT2D eigenvalue weighted by atomic mass is 10.1. The maximum absolute atomic E-state index is 8.42. The average molecular weight is 241 g/mol. The predicted octanol–water partition coefficient (Wildman–Crippen LogP) is 3.24. The highest BCUT2D eigenvalue weighted by molar-refractivity contribution is 9.10. The second kappa shape index (κ2) is 6.62. The monoisotopic (exact) mass is 240 g/mol. The van der Waals surface area contributed by atoms with Gasteiger partial charge in [-0.2, -0.15) is 5.26 Å². The first kappa shape index (κ1) is 12.1. The van der Waals surface area contributed by atoms with Gasteiger partial charge >= 0.3 is 0 Å². The van der Waals surface area contributed by atoms with Gasteiger partial charge in [0, 0.05) is 5.69 Å². The van der Waals surface area contributed by atoms with Crippen LogP contribution in [-0.4, -0.2) is 4.98 Å². The van der Waals surface area contributed by atoms with Crippen LogP contribution in [0.1, 0.15) is 25.1 Å². The molecule has 0 radical (unpaired) electrons. The van der Waals surface area contributed by atoms with Gasteiger partial charge in [0.15, 0.2) is 0 Å². The Kier molecular flexibility index (Phi) is 6.17. The second-order valence-corrected chi connectivity index (χ2v) is 3.03. The Hall–Kier alpha value is -0.880. The molecule has 1 rings (SSSR count). The van der Waals surface area contributed by atoms with Crippen molar-refractivity contribution >= 4 is 15.9 Å². The minimum Gasteiger partial charge on any atom is -0.246 e. The SMILES string of the molecule is CC.Cc1nc(Br)ccc1CC#N. The molecule has 0 aliphatic heterocycles. The van der Waals surface area contributed by atoms with Crippen LogP contribution in [0.4, 0.5) is 0 Å². The molecule has 2 nitrogen and oxygen atoms in total. The molecular weight excluding hydrogens is 228 g/mol. The fraction of sp³-hybridized carbons (Fsp3) is 0.400. The van der Waals surface area contributed by atoms with E-state index in [1.54, 1.807) is 0 Å². The van der Waals surface area contributed by atoms with Crippen molar-refractivity contribution in [3.63, 3.8) is 0 Å². The van der Waals surface area contributed by atoms with E-state index in [0.717, 1.165) is 15.9 Å². The zero-order valence-electron chi connectivity index (χ0n) is 8.13. The van der Waals surface area contributed by atoms with E-state index in [-0.39, 0.29) is 0 Å². The standard InChI is InChI=1S/C8H7BrN2.C2H6/c1-6-7(4-5-10)2-3-8(9)11-6;1-2/h2-3H,4H2,1H3;1-2H3. The number of nitrogens with zero attached hydrogens (tertiary/aromatic N) is 2. The summed E-state index contributed by atoms with van der Waals surface area (Å²) >= 11 is 3.25. The van der Waals surface area contributed by atoms with Gasteiger partial charge in [0.2, 0.25) is 0 Å². The van der Waals surface area contributed by atoms with Gasteiger partial charge in [0.1, 0.15) is 4.60 Å². The molecule has 1 heterocycles. The maximum Gasteiger partial charge on any atom is 0.106 e. The van der Waals surface area contributed by atoms with Gasteiger partial charge in [-0.15, -0.1) is 0 Å². The van der Waals surface area contributed by atoms with Gasteiger partial charge in [0.25, 0.3) is 0 Å². The molecule has 0 bridgehead atoms. The van der Waals surface area contributed by atoms with Crippen LogP contribution in [0.15, 0.2) is 16.7 Å². The average Bonchev–Trinajstić information content (AvgIpc) is 2.14. The van der Waals surface area contributed by atoms with Crippen LogP contribution in [0.3, 0.4) is 0 Å². The molecule has 0 aliphatic carbocycles. The van der Waals surface area contributed by atoms with Crippen LogP contribution in [0.5, 0.6) is 0 Å². The summed E-state index contributed by atoms with van der Waals surface area (Å²) in [6, 6.07) is 5.85. The molecule has 0 saturated heterocycles. The lowest BCUT2D eigenvalue weighted by molar-refractivity contribution is 1.09. The smallest absolute Gasteiger partial charge is 0.106 e. The Morgan fingerprint density at radius 2 is 2.08 bits per heavy atom. The zero-order chi connectivity index (χ0) is 10.3. The van der Waals surface area contributed by atoms with E-state index in [1.165, 1.54) is 0 Å². The van der Waals surface area contributed by atoms with E-state index in [9.17, 15) is 0 Å². The van der Waals surface area contributed by atoms with Gasteiger partial charge in [-0.05, 0) is 34.5 Å². The predicted molar refractivity (Wildman–Crippen MR) is 57.3 cm³/mol. The minimum atomic E-state index is 0.437. The number of nitriles is 1. The number of pyridine rings is 1. The normalized spacial score (nSPS) is 8.23. The summed E-state index contributed by atoms with van der Waals surface area (Å²) in [4.78, 5) is 4.16. The molecule has 0 unspecified atom stereocenters. The number of aromatic nitrogens is 1. The summed E-state index contributed by atoms with van der Waals surface area (Å²) in [5, 5.41) is 8.42. The fourth-order valence-electron chi connectivity index (χ4n) is 0.831. The molecule has 0 aliphatic rings. The van der Waals surface area contributed by atoms with Crippen molar-refractivity contribution in [2.24, 2.45) is 0 Å². The van der Waals surface area contributed by atoms with Gasteiger partial charge < -0.3 is 0 Å². The van der Waals surface area contributed by atoms with Crippen molar-refractivity contribution in [3.05, 3.63) is 28.0 Å². The molecule has 0 saturated carbocycles. The summed E-state index contributed by atoms with van der Waals surface area (Å²) in [5.41, 5.74) is 1.91. The molecule has 0 aromatic carbocycles. The van der Waals surface area contributed by atoms with Gasteiger partial charge in [-0.25, -0.2) is 4.98 Å². The maximum atomic E-state index is 8.42. The molecule has 3 heteroatoms. The van der Waals surface area contributed by atoms with Crippen molar-refractivity contribution in [1.82, 2.24) is 4.98 Å². The first-order chi connectivity index (χ1) is 6.24. The molecule has 0 amide bonds. The van der Waals surface area contributed by atoms with Crippen LogP contribution < -0.4 is 0 Å². The van der Waals surface area contributed by atoms with Crippen LogP contribution >= 0.6 is 15.9 Å². The highest BCUT2D eigenvalue weighted by atomic mass is 79.9. The molecule has 13 heavy (non-hydrogen) atoms. The lowest BCUT2D eigenvalue weighted by Gasteiger charge is -1.99. The first-order valence-electron chi connectivity index (χ1n) is 4.23. The molecule has 0 spiro atoms.